The van der Waals surface area contributed by atoms with Gasteiger partial charge in [-0.3, -0.25) is 4.79 Å². The Hall–Kier alpha value is -2.10. The van der Waals surface area contributed by atoms with Crippen LogP contribution in [0.3, 0.4) is 0 Å². The second kappa shape index (κ2) is 8.32. The van der Waals surface area contributed by atoms with Crippen LogP contribution in [0.4, 0.5) is 4.79 Å². The van der Waals surface area contributed by atoms with E-state index in [-0.39, 0.29) is 17.7 Å². The minimum Gasteiger partial charge on any atom is -0.447 e. The maximum Gasteiger partial charge on any atom is 0.416 e. The van der Waals surface area contributed by atoms with Crippen molar-refractivity contribution < 1.29 is 14.3 Å². The van der Waals surface area contributed by atoms with E-state index >= 15 is 0 Å². The van der Waals surface area contributed by atoms with E-state index in [2.05, 4.69) is 18.7 Å². The molecule has 1 aliphatic heterocycles. The van der Waals surface area contributed by atoms with Crippen molar-refractivity contribution in [1.82, 2.24) is 4.90 Å². The topological polar surface area (TPSA) is 46.6 Å². The highest BCUT2D eigenvalue weighted by molar-refractivity contribution is 5.94. The highest BCUT2D eigenvalue weighted by Crippen LogP contribution is 2.42. The number of imide groups is 1. The first-order valence-electron chi connectivity index (χ1n) is 9.36. The summed E-state index contributed by atoms with van der Waals surface area (Å²) >= 11 is 0. The van der Waals surface area contributed by atoms with Crippen LogP contribution in [0.2, 0.25) is 0 Å². The van der Waals surface area contributed by atoms with Crippen LogP contribution in [0.1, 0.15) is 50.0 Å². The van der Waals surface area contributed by atoms with Gasteiger partial charge in [-0.05, 0) is 36.7 Å². The number of hydrogen-bond donors (Lipinski definition) is 0. The van der Waals surface area contributed by atoms with Crippen LogP contribution in [0.15, 0.2) is 43.0 Å². The number of rotatable bonds is 6. The number of cyclic esters (lactones) is 1. The molecule has 4 nitrogen and oxygen atoms in total. The van der Waals surface area contributed by atoms with Gasteiger partial charge < -0.3 is 4.74 Å². The van der Waals surface area contributed by atoms with Crippen molar-refractivity contribution in [3.8, 4) is 0 Å². The molecule has 1 aromatic rings. The van der Waals surface area contributed by atoms with E-state index < -0.39 is 6.09 Å². The number of nitrogens with zero attached hydrogens (tertiary/aromatic N) is 1. The normalized spacial score (nSPS) is 20.8. The molecule has 2 aliphatic rings. The van der Waals surface area contributed by atoms with E-state index in [1.807, 2.05) is 24.3 Å². The fraction of sp³-hybridized carbons (Fsp3) is 0.524. The zero-order chi connectivity index (χ0) is 17.6. The predicted molar refractivity (Wildman–Crippen MR) is 97.1 cm³/mol. The Labute approximate surface area is 149 Å². The van der Waals surface area contributed by atoms with E-state index in [1.54, 1.807) is 0 Å². The monoisotopic (exact) mass is 341 g/mol. The van der Waals surface area contributed by atoms with E-state index in [1.165, 1.54) is 29.7 Å². The second-order valence-corrected chi connectivity index (χ2v) is 7.07. The Morgan fingerprint density at radius 1 is 1.24 bits per heavy atom. The number of amides is 2. The van der Waals surface area contributed by atoms with Crippen LogP contribution >= 0.6 is 0 Å². The van der Waals surface area contributed by atoms with Gasteiger partial charge in [-0.2, -0.15) is 0 Å². The number of ether oxygens (including phenoxy) is 1. The van der Waals surface area contributed by atoms with Crippen LogP contribution in [0.25, 0.3) is 0 Å². The quantitative estimate of drug-likeness (QED) is 0.715. The summed E-state index contributed by atoms with van der Waals surface area (Å²) in [5, 5.41) is 0. The molecule has 3 rings (SSSR count). The molecule has 0 radical (unpaired) electrons. The Bertz CT molecular complexity index is 607. The summed E-state index contributed by atoms with van der Waals surface area (Å²) in [6.45, 7) is 4.52. The Balaban J connectivity index is 1.93. The minimum atomic E-state index is -0.505. The summed E-state index contributed by atoms with van der Waals surface area (Å²) in [7, 11) is 0. The van der Waals surface area contributed by atoms with Gasteiger partial charge in [-0.25, -0.2) is 9.69 Å². The predicted octanol–water partition coefficient (Wildman–Crippen LogP) is 4.52. The molecule has 1 aliphatic carbocycles. The molecule has 0 bridgehead atoms. The van der Waals surface area contributed by atoms with E-state index in [0.29, 0.717) is 25.5 Å². The lowest BCUT2D eigenvalue weighted by molar-refractivity contribution is -0.133. The lowest BCUT2D eigenvalue weighted by Gasteiger charge is -2.36. The van der Waals surface area contributed by atoms with Gasteiger partial charge in [0.2, 0.25) is 5.91 Å². The van der Waals surface area contributed by atoms with Gasteiger partial charge in [0.05, 0.1) is 6.54 Å². The number of carbonyl (C=O) groups excluding carboxylic acids is 2. The molecule has 134 valence electrons. The Morgan fingerprint density at radius 3 is 2.56 bits per heavy atom. The smallest absolute Gasteiger partial charge is 0.416 e. The van der Waals surface area contributed by atoms with Crippen molar-refractivity contribution in [2.45, 2.75) is 44.4 Å². The van der Waals surface area contributed by atoms with Gasteiger partial charge in [-0.15, -0.1) is 6.58 Å². The second-order valence-electron chi connectivity index (χ2n) is 7.07. The van der Waals surface area contributed by atoms with Gasteiger partial charge >= 0.3 is 6.09 Å². The molecule has 2 fully saturated rings. The summed E-state index contributed by atoms with van der Waals surface area (Å²) in [6, 6.07) is 10.3. The summed E-state index contributed by atoms with van der Waals surface area (Å²) in [5.74, 6) is 0.236. The van der Waals surface area contributed by atoms with Crippen molar-refractivity contribution in [3.63, 3.8) is 0 Å². The van der Waals surface area contributed by atoms with Crippen LogP contribution in [-0.2, 0) is 9.53 Å². The molecule has 2 amide bonds. The first-order valence-corrected chi connectivity index (χ1v) is 9.36. The van der Waals surface area contributed by atoms with Crippen LogP contribution in [0.5, 0.6) is 0 Å². The van der Waals surface area contributed by atoms with Crippen molar-refractivity contribution in [2.24, 2.45) is 11.8 Å². The van der Waals surface area contributed by atoms with Crippen molar-refractivity contribution in [1.29, 1.82) is 0 Å². The van der Waals surface area contributed by atoms with Gasteiger partial charge in [0.15, 0.2) is 0 Å². The van der Waals surface area contributed by atoms with E-state index in [9.17, 15) is 9.59 Å². The maximum atomic E-state index is 13.2. The van der Waals surface area contributed by atoms with Crippen LogP contribution < -0.4 is 0 Å². The molecule has 25 heavy (non-hydrogen) atoms. The molecule has 1 heterocycles. The third-order valence-corrected chi connectivity index (χ3v) is 5.54. The van der Waals surface area contributed by atoms with Gasteiger partial charge in [-0.1, -0.05) is 55.7 Å². The third-order valence-electron chi connectivity index (χ3n) is 5.54. The highest BCUT2D eigenvalue weighted by Gasteiger charge is 2.40. The fourth-order valence-corrected chi connectivity index (χ4v) is 4.38. The van der Waals surface area contributed by atoms with Crippen LogP contribution in [0, 0.1) is 11.8 Å². The summed E-state index contributed by atoms with van der Waals surface area (Å²) < 4.78 is 4.99. The maximum absolute atomic E-state index is 13.2. The Morgan fingerprint density at radius 2 is 1.96 bits per heavy atom. The van der Waals surface area contributed by atoms with Gasteiger partial charge in [0.25, 0.3) is 0 Å². The molecule has 2 atom stereocenters. The molecule has 1 saturated carbocycles. The highest BCUT2D eigenvalue weighted by atomic mass is 16.6. The summed E-state index contributed by atoms with van der Waals surface area (Å²) in [6.07, 6.45) is 7.88. The third kappa shape index (κ3) is 3.94. The molecule has 1 aromatic carbocycles. The molecular weight excluding hydrogens is 314 g/mol. The number of allylic oxidation sites excluding steroid dienone is 1. The molecule has 0 unspecified atom stereocenters. The first kappa shape index (κ1) is 17.7. The molecule has 0 N–H and O–H groups in total. The zero-order valence-corrected chi connectivity index (χ0v) is 14.7. The number of hydrogen-bond acceptors (Lipinski definition) is 3. The lowest BCUT2D eigenvalue weighted by Crippen LogP contribution is -2.41. The van der Waals surface area contributed by atoms with Gasteiger partial charge in [0.1, 0.15) is 6.61 Å². The fourth-order valence-electron chi connectivity index (χ4n) is 4.38. The summed E-state index contributed by atoms with van der Waals surface area (Å²) in [5.41, 5.74) is 1.20. The average molecular weight is 341 g/mol. The molecule has 0 spiro atoms. The SMILES string of the molecule is C=CC[C@@H](C(=O)N1CCOC1=O)[C@@H](c1ccccc1)C1CCCCC1. The number of carbonyl (C=O) groups is 2. The molecular formula is C21H27NO3. The van der Waals surface area contributed by atoms with Crippen molar-refractivity contribution >= 4 is 12.0 Å². The Kier molecular flexibility index (Phi) is 5.90. The summed E-state index contributed by atoms with van der Waals surface area (Å²) in [4.78, 5) is 26.4. The standard InChI is InChI=1S/C21H27NO3/c1-2-9-18(20(23)22-14-15-25-21(22)24)19(16-10-5-3-6-11-16)17-12-7-4-8-13-17/h2-3,5-6,10-11,17-19H,1,4,7-9,12-15H2/t18-,19+/m1/s1. The van der Waals surface area contributed by atoms with Crippen LogP contribution in [-0.4, -0.2) is 30.1 Å². The van der Waals surface area contributed by atoms with Crippen molar-refractivity contribution in [2.75, 3.05) is 13.2 Å². The average Bonchev–Trinajstić information content (AvgIpc) is 3.08. The molecule has 1 saturated heterocycles. The molecule has 0 aromatic heterocycles. The number of benzene rings is 1. The first-order chi connectivity index (χ1) is 12.2. The van der Waals surface area contributed by atoms with E-state index in [0.717, 1.165) is 12.8 Å². The minimum absolute atomic E-state index is 0.109. The van der Waals surface area contributed by atoms with E-state index in [4.69, 9.17) is 4.74 Å². The van der Waals surface area contributed by atoms with Gasteiger partial charge in [0, 0.05) is 5.92 Å². The zero-order valence-electron chi connectivity index (χ0n) is 14.7. The largest absolute Gasteiger partial charge is 0.447 e. The lowest BCUT2D eigenvalue weighted by atomic mass is 9.69. The van der Waals surface area contributed by atoms with Crippen molar-refractivity contribution in [3.05, 3.63) is 48.6 Å². The molecule has 4 heteroatoms.